The number of carbonyl (C=O) groups excluding carboxylic acids is 1. The number of nitrogens with one attached hydrogen (secondary N) is 3. The average molecular weight is 833 g/mol. The lowest BCUT2D eigenvalue weighted by Gasteiger charge is -2.39. The Kier molecular flexibility index (Phi) is 11.3. The van der Waals surface area contributed by atoms with E-state index >= 15 is 0 Å². The minimum Gasteiger partial charge on any atom is -0.454 e. The number of rotatable bonds is 11. The molecule has 1 aliphatic heterocycles. The van der Waals surface area contributed by atoms with Gasteiger partial charge in [0.2, 0.25) is 0 Å². The molecule has 1 saturated heterocycles. The van der Waals surface area contributed by atoms with E-state index in [1.165, 1.54) is 42.9 Å². The molecular formula is C41H43Cl2N7O6S. The highest BCUT2D eigenvalue weighted by Gasteiger charge is 2.31. The zero-order valence-corrected chi connectivity index (χ0v) is 34.3. The van der Waals surface area contributed by atoms with Gasteiger partial charge < -0.3 is 19.9 Å². The minimum absolute atomic E-state index is 0.0340. The molecular weight excluding hydrogens is 789 g/mol. The van der Waals surface area contributed by atoms with Gasteiger partial charge in [-0.2, -0.15) is 0 Å². The monoisotopic (exact) mass is 831 g/mol. The fourth-order valence-electron chi connectivity index (χ4n) is 7.63. The van der Waals surface area contributed by atoms with Crippen LogP contribution in [0.25, 0.3) is 16.6 Å². The number of halogens is 2. The largest absolute Gasteiger partial charge is 0.454 e. The van der Waals surface area contributed by atoms with Gasteiger partial charge in [0.05, 0.1) is 21.7 Å². The zero-order valence-electron chi connectivity index (χ0n) is 32.0. The SMILES string of the molecule is CNc1c([N+](=O)[O-])cc(C(=O)NS(=O)(=O)c2ccc(N3CCN(CC4=C(c5ccc(Cl)cc5)CC(C)(C)CC4)CC3)cc2Oc2cnc3[nH]ccc3c2)c(Cl)c1C. The zero-order chi connectivity index (χ0) is 40.6. The first kappa shape index (κ1) is 40.1. The van der Waals surface area contributed by atoms with Crippen molar-refractivity contribution in [3.05, 3.63) is 115 Å². The molecule has 5 aromatic rings. The number of nitro groups is 1. The number of fused-ring (bicyclic) bond motifs is 1. The molecule has 3 aromatic carbocycles. The second-order valence-corrected chi connectivity index (χ2v) is 17.7. The second kappa shape index (κ2) is 16.0. The maximum Gasteiger partial charge on any atom is 0.293 e. The molecule has 1 amide bonds. The van der Waals surface area contributed by atoms with E-state index in [0.29, 0.717) is 18.7 Å². The molecule has 1 aliphatic carbocycles. The standard InChI is InChI=1S/C41H43Cl2N7O6S/c1-25-37(43)32(21-34(50(52)53)38(25)44-4)40(51)47-57(54,55)36-10-9-30(20-35(36)56-31-19-27-12-14-45-39(27)46-23-31)49-17-15-48(16-18-49)24-28-11-13-41(2,3)22-33(28)26-5-7-29(42)8-6-26/h5-10,12,14,19-21,23,44H,11,13,15-18,22,24H2,1-4H3,(H,45,46)(H,47,51). The molecule has 3 heterocycles. The normalized spacial score (nSPS) is 16.1. The molecule has 7 rings (SSSR count). The van der Waals surface area contributed by atoms with Crippen LogP contribution in [0.15, 0.2) is 83.5 Å². The number of anilines is 2. The minimum atomic E-state index is -4.61. The van der Waals surface area contributed by atoms with Gasteiger partial charge in [-0.1, -0.05) is 54.8 Å². The predicted molar refractivity (Wildman–Crippen MR) is 224 cm³/mol. The van der Waals surface area contributed by atoms with Crippen molar-refractivity contribution in [2.24, 2.45) is 5.41 Å². The summed E-state index contributed by atoms with van der Waals surface area (Å²) in [5.74, 6) is -0.885. The molecule has 57 heavy (non-hydrogen) atoms. The Morgan fingerprint density at radius 2 is 1.79 bits per heavy atom. The number of hydrogen-bond acceptors (Lipinski definition) is 10. The van der Waals surface area contributed by atoms with E-state index in [2.05, 4.69) is 55.8 Å². The number of H-pyrrole nitrogens is 1. The Bertz CT molecular complexity index is 2510. The Morgan fingerprint density at radius 3 is 2.49 bits per heavy atom. The van der Waals surface area contributed by atoms with Crippen LogP contribution in [0, 0.1) is 22.5 Å². The van der Waals surface area contributed by atoms with Crippen LogP contribution in [0.4, 0.5) is 17.1 Å². The number of sulfonamides is 1. The van der Waals surface area contributed by atoms with E-state index in [-0.39, 0.29) is 43.6 Å². The summed E-state index contributed by atoms with van der Waals surface area (Å²) >= 11 is 12.7. The highest BCUT2D eigenvalue weighted by molar-refractivity contribution is 7.90. The number of hydrogen-bond donors (Lipinski definition) is 3. The summed E-state index contributed by atoms with van der Waals surface area (Å²) < 4.78 is 36.3. The molecule has 0 saturated carbocycles. The van der Waals surface area contributed by atoms with Gasteiger partial charge in [-0.05, 0) is 84.7 Å². The number of allylic oxidation sites excluding steroid dienone is 1. The summed E-state index contributed by atoms with van der Waals surface area (Å²) in [6.45, 7) is 9.97. The molecule has 0 bridgehead atoms. The summed E-state index contributed by atoms with van der Waals surface area (Å²) in [7, 11) is -3.13. The molecule has 0 radical (unpaired) electrons. The number of nitro benzene ring substituents is 1. The van der Waals surface area contributed by atoms with Gasteiger partial charge in [0.1, 0.15) is 27.7 Å². The van der Waals surface area contributed by atoms with E-state index in [9.17, 15) is 23.3 Å². The number of aromatic amines is 1. The Balaban J connectivity index is 1.15. The Labute approximate surface area is 341 Å². The van der Waals surface area contributed by atoms with Crippen LogP contribution in [0.1, 0.15) is 54.6 Å². The number of amides is 1. The van der Waals surface area contributed by atoms with Gasteiger partial charge in [0.15, 0.2) is 0 Å². The maximum absolute atomic E-state index is 14.0. The van der Waals surface area contributed by atoms with E-state index in [0.717, 1.165) is 61.1 Å². The van der Waals surface area contributed by atoms with Crippen molar-refractivity contribution in [2.45, 2.75) is 44.9 Å². The highest BCUT2D eigenvalue weighted by Crippen LogP contribution is 2.44. The van der Waals surface area contributed by atoms with Gasteiger partial charge in [-0.15, -0.1) is 0 Å². The Morgan fingerprint density at radius 1 is 1.05 bits per heavy atom. The average Bonchev–Trinajstić information content (AvgIpc) is 3.65. The van der Waals surface area contributed by atoms with Gasteiger partial charge in [0, 0.05) is 74.2 Å². The van der Waals surface area contributed by atoms with E-state index in [1.807, 2.05) is 18.2 Å². The number of pyridine rings is 1. The highest BCUT2D eigenvalue weighted by atomic mass is 35.5. The number of ether oxygens (including phenoxy) is 1. The third kappa shape index (κ3) is 8.59. The van der Waals surface area contributed by atoms with Crippen LogP contribution in [-0.2, 0) is 10.0 Å². The number of benzene rings is 3. The van der Waals surface area contributed by atoms with Crippen LogP contribution < -0.4 is 19.7 Å². The molecule has 0 atom stereocenters. The van der Waals surface area contributed by atoms with Crippen molar-refractivity contribution in [1.82, 2.24) is 19.6 Å². The summed E-state index contributed by atoms with van der Waals surface area (Å²) in [4.78, 5) is 36.4. The lowest BCUT2D eigenvalue weighted by molar-refractivity contribution is -0.384. The molecule has 13 nitrogen and oxygen atoms in total. The first-order valence-corrected chi connectivity index (χ1v) is 20.8. The fourth-order valence-corrected chi connectivity index (χ4v) is 9.07. The topological polar surface area (TPSA) is 163 Å². The van der Waals surface area contributed by atoms with E-state index in [1.54, 1.807) is 24.4 Å². The quantitative estimate of drug-likeness (QED) is 0.0866. The number of nitrogens with zero attached hydrogens (tertiary/aromatic N) is 4. The van der Waals surface area contributed by atoms with Gasteiger partial charge in [0.25, 0.3) is 21.6 Å². The smallest absolute Gasteiger partial charge is 0.293 e. The van der Waals surface area contributed by atoms with E-state index < -0.39 is 26.5 Å². The summed E-state index contributed by atoms with van der Waals surface area (Å²) in [6.07, 6.45) is 6.37. The molecule has 16 heteroatoms. The van der Waals surface area contributed by atoms with Gasteiger partial charge >= 0.3 is 0 Å². The van der Waals surface area contributed by atoms with Crippen molar-refractivity contribution >= 4 is 72.8 Å². The van der Waals surface area contributed by atoms with Crippen LogP contribution in [-0.4, -0.2) is 73.9 Å². The van der Waals surface area contributed by atoms with Crippen LogP contribution in [0.3, 0.4) is 0 Å². The van der Waals surface area contributed by atoms with Crippen molar-refractivity contribution in [2.75, 3.05) is 50.0 Å². The fraction of sp³-hybridized carbons (Fsp3) is 0.317. The number of carbonyl (C=O) groups is 1. The molecule has 0 spiro atoms. The van der Waals surface area contributed by atoms with Crippen molar-refractivity contribution in [3.8, 4) is 11.5 Å². The van der Waals surface area contributed by atoms with Crippen molar-refractivity contribution in [3.63, 3.8) is 0 Å². The molecule has 3 N–H and O–H groups in total. The van der Waals surface area contributed by atoms with Crippen LogP contribution in [0.5, 0.6) is 11.5 Å². The molecule has 1 fully saturated rings. The Hall–Kier alpha value is -5.15. The lowest BCUT2D eigenvalue weighted by atomic mass is 9.72. The lowest BCUT2D eigenvalue weighted by Crippen LogP contribution is -2.47. The maximum atomic E-state index is 14.0. The summed E-state index contributed by atoms with van der Waals surface area (Å²) in [5.41, 5.74) is 5.20. The van der Waals surface area contributed by atoms with Gasteiger partial charge in [-0.25, -0.2) is 18.1 Å². The van der Waals surface area contributed by atoms with Crippen molar-refractivity contribution < 1.29 is 22.9 Å². The van der Waals surface area contributed by atoms with E-state index in [4.69, 9.17) is 27.9 Å². The van der Waals surface area contributed by atoms with Crippen LogP contribution in [0.2, 0.25) is 10.0 Å². The predicted octanol–water partition coefficient (Wildman–Crippen LogP) is 8.82. The van der Waals surface area contributed by atoms with Crippen LogP contribution >= 0.6 is 23.2 Å². The van der Waals surface area contributed by atoms with Gasteiger partial charge in [-0.3, -0.25) is 19.8 Å². The first-order valence-electron chi connectivity index (χ1n) is 18.5. The third-order valence-electron chi connectivity index (χ3n) is 10.7. The summed E-state index contributed by atoms with van der Waals surface area (Å²) in [5, 5.41) is 15.9. The molecule has 2 aliphatic rings. The first-order chi connectivity index (χ1) is 27.1. The molecule has 298 valence electrons. The van der Waals surface area contributed by atoms with Crippen molar-refractivity contribution in [1.29, 1.82) is 0 Å². The second-order valence-electron chi connectivity index (χ2n) is 15.2. The number of piperazine rings is 1. The third-order valence-corrected chi connectivity index (χ3v) is 12.9. The molecule has 0 unspecified atom stereocenters. The number of aromatic nitrogens is 2. The summed E-state index contributed by atoms with van der Waals surface area (Å²) in [6, 6.07) is 17.3. The molecule has 2 aromatic heterocycles.